The number of allylic oxidation sites excluding steroid dienone is 1. The molecule has 1 aliphatic heterocycles. The highest BCUT2D eigenvalue weighted by molar-refractivity contribution is 6.41. The zero-order valence-corrected chi connectivity index (χ0v) is 25.6. The van der Waals surface area contributed by atoms with Crippen molar-refractivity contribution in [3.63, 3.8) is 0 Å². The van der Waals surface area contributed by atoms with E-state index >= 15 is 0 Å². The van der Waals surface area contributed by atoms with Crippen LogP contribution >= 0.6 is 0 Å². The summed E-state index contributed by atoms with van der Waals surface area (Å²) in [4.78, 5) is 40.3. The van der Waals surface area contributed by atoms with Crippen LogP contribution < -0.4 is 4.90 Å². The molecule has 1 saturated carbocycles. The number of anilines is 2. The average Bonchev–Trinajstić information content (AvgIpc) is 3.77. The van der Waals surface area contributed by atoms with Crippen LogP contribution in [0.25, 0.3) is 17.7 Å². The van der Waals surface area contributed by atoms with Gasteiger partial charge in [0.2, 0.25) is 0 Å². The third kappa shape index (κ3) is 5.01. The largest absolute Gasteiger partial charge is 0.478 e. The minimum absolute atomic E-state index is 0.00654. The van der Waals surface area contributed by atoms with Crippen molar-refractivity contribution < 1.29 is 19.5 Å². The van der Waals surface area contributed by atoms with Crippen LogP contribution in [0.4, 0.5) is 11.4 Å². The summed E-state index contributed by atoms with van der Waals surface area (Å²) in [6.07, 6.45) is 7.25. The normalized spacial score (nSPS) is 18.6. The zero-order chi connectivity index (χ0) is 32.1. The third-order valence-corrected chi connectivity index (χ3v) is 9.73. The molecule has 0 bridgehead atoms. The van der Waals surface area contributed by atoms with Gasteiger partial charge in [0.25, 0.3) is 0 Å². The van der Waals surface area contributed by atoms with E-state index in [4.69, 9.17) is 0 Å². The summed E-state index contributed by atoms with van der Waals surface area (Å²) in [5.41, 5.74) is 9.48. The molecule has 5 aromatic rings. The van der Waals surface area contributed by atoms with Gasteiger partial charge in [0.15, 0.2) is 11.6 Å². The van der Waals surface area contributed by atoms with E-state index in [-0.39, 0.29) is 28.0 Å². The smallest absolute Gasteiger partial charge is 0.335 e. The van der Waals surface area contributed by atoms with Crippen LogP contribution in [0.15, 0.2) is 127 Å². The van der Waals surface area contributed by atoms with Crippen molar-refractivity contribution in [1.82, 2.24) is 0 Å². The monoisotopic (exact) mass is 613 g/mol. The second-order valence-corrected chi connectivity index (χ2v) is 12.5. The summed E-state index contributed by atoms with van der Waals surface area (Å²) in [6.45, 7) is 0. The first-order valence-corrected chi connectivity index (χ1v) is 16.0. The first kappa shape index (κ1) is 28.6. The fourth-order valence-corrected chi connectivity index (χ4v) is 7.52. The lowest BCUT2D eigenvalue weighted by molar-refractivity contribution is 0.0696. The number of rotatable bonds is 6. The predicted octanol–water partition coefficient (Wildman–Crippen LogP) is 9.22. The van der Waals surface area contributed by atoms with Gasteiger partial charge in [-0.25, -0.2) is 4.79 Å². The van der Waals surface area contributed by atoms with E-state index in [1.807, 2.05) is 18.2 Å². The lowest BCUT2D eigenvalue weighted by atomic mass is 9.95. The molecule has 228 valence electrons. The van der Waals surface area contributed by atoms with Gasteiger partial charge < -0.3 is 10.0 Å². The fourth-order valence-electron chi connectivity index (χ4n) is 7.52. The molecule has 0 saturated heterocycles. The van der Waals surface area contributed by atoms with Gasteiger partial charge >= 0.3 is 5.97 Å². The quantitative estimate of drug-likeness (QED) is 0.117. The van der Waals surface area contributed by atoms with Crippen molar-refractivity contribution in [3.8, 4) is 0 Å². The minimum Gasteiger partial charge on any atom is -0.478 e. The number of fused-ring (bicyclic) bond motifs is 4. The number of benzene rings is 5. The summed E-state index contributed by atoms with van der Waals surface area (Å²) < 4.78 is 0. The summed E-state index contributed by atoms with van der Waals surface area (Å²) in [6, 6.07) is 40.4. The van der Waals surface area contributed by atoms with Crippen molar-refractivity contribution >= 4 is 46.6 Å². The van der Waals surface area contributed by atoms with E-state index in [1.54, 1.807) is 6.08 Å². The van der Waals surface area contributed by atoms with Crippen LogP contribution in [-0.2, 0) is 0 Å². The standard InChI is InChI=1S/C42H31NO4/c44-40-33-20-17-30(42(46)47)25-36(33)41(45)37(40)24-27-16-21-39-35(23-27)32-12-7-13-38(32)43(39)31-18-14-26(15-19-31)22-34(28-8-3-1-4-9-28)29-10-5-2-6-11-29/h1-6,8-11,14-25,32,38H,7,12-13H2,(H,46,47). The van der Waals surface area contributed by atoms with Crippen molar-refractivity contribution in [1.29, 1.82) is 0 Å². The van der Waals surface area contributed by atoms with Gasteiger partial charge in [-0.05, 0) is 101 Å². The molecule has 3 aliphatic rings. The van der Waals surface area contributed by atoms with E-state index in [9.17, 15) is 19.5 Å². The van der Waals surface area contributed by atoms with Gasteiger partial charge in [-0.15, -0.1) is 0 Å². The van der Waals surface area contributed by atoms with Gasteiger partial charge in [0.05, 0.1) is 11.1 Å². The first-order valence-electron chi connectivity index (χ1n) is 16.0. The maximum atomic E-state index is 13.2. The molecule has 5 aromatic carbocycles. The zero-order valence-electron chi connectivity index (χ0n) is 25.6. The molecule has 2 unspecified atom stereocenters. The van der Waals surface area contributed by atoms with E-state index in [2.05, 4.69) is 95.9 Å². The Kier molecular flexibility index (Phi) is 7.02. The van der Waals surface area contributed by atoms with Crippen molar-refractivity contribution in [3.05, 3.63) is 171 Å². The molecule has 1 heterocycles. The highest BCUT2D eigenvalue weighted by Crippen LogP contribution is 2.52. The lowest BCUT2D eigenvalue weighted by Crippen LogP contribution is -2.26. The predicted molar refractivity (Wildman–Crippen MR) is 185 cm³/mol. The number of hydrogen-bond donors (Lipinski definition) is 1. The van der Waals surface area contributed by atoms with Crippen LogP contribution in [0.3, 0.4) is 0 Å². The van der Waals surface area contributed by atoms with Gasteiger partial charge in [-0.3, -0.25) is 9.59 Å². The molecule has 5 nitrogen and oxygen atoms in total. The highest BCUT2D eigenvalue weighted by Gasteiger charge is 2.42. The molecule has 1 fully saturated rings. The Morgan fingerprint density at radius 3 is 2.02 bits per heavy atom. The lowest BCUT2D eigenvalue weighted by Gasteiger charge is -2.27. The maximum Gasteiger partial charge on any atom is 0.335 e. The summed E-state index contributed by atoms with van der Waals surface area (Å²) in [7, 11) is 0. The van der Waals surface area contributed by atoms with E-state index in [1.165, 1.54) is 40.5 Å². The molecule has 0 aromatic heterocycles. The molecule has 2 atom stereocenters. The molecule has 2 aliphatic carbocycles. The van der Waals surface area contributed by atoms with Crippen LogP contribution in [0.5, 0.6) is 0 Å². The first-order chi connectivity index (χ1) is 23.0. The van der Waals surface area contributed by atoms with Gasteiger partial charge in [-0.2, -0.15) is 0 Å². The number of carboxylic acids is 1. The van der Waals surface area contributed by atoms with Crippen molar-refractivity contribution in [2.45, 2.75) is 31.2 Å². The Labute approximate surface area is 273 Å². The van der Waals surface area contributed by atoms with Crippen LogP contribution in [0.2, 0.25) is 0 Å². The van der Waals surface area contributed by atoms with Crippen LogP contribution in [0.1, 0.15) is 84.1 Å². The number of carboxylic acid groups (broad SMARTS) is 1. The molecular formula is C42H31NO4. The summed E-state index contributed by atoms with van der Waals surface area (Å²) in [5.74, 6) is -1.54. The minimum atomic E-state index is -1.13. The van der Waals surface area contributed by atoms with Crippen molar-refractivity contribution in [2.24, 2.45) is 0 Å². The average molecular weight is 614 g/mol. The van der Waals surface area contributed by atoms with Crippen LogP contribution in [0, 0.1) is 0 Å². The van der Waals surface area contributed by atoms with Gasteiger partial charge in [0, 0.05) is 34.5 Å². The van der Waals surface area contributed by atoms with Gasteiger partial charge in [-0.1, -0.05) is 85.3 Å². The number of nitrogens with zero attached hydrogens (tertiary/aromatic N) is 1. The topological polar surface area (TPSA) is 74.7 Å². The molecular weight excluding hydrogens is 582 g/mol. The molecule has 47 heavy (non-hydrogen) atoms. The maximum absolute atomic E-state index is 13.2. The van der Waals surface area contributed by atoms with E-state index in [0.717, 1.165) is 41.8 Å². The fraction of sp³-hybridized carbons (Fsp3) is 0.119. The number of Topliss-reactive ketones (excluding diaryl/α,β-unsaturated/α-hetero) is 2. The number of carbonyl (C=O) groups is 3. The van der Waals surface area contributed by atoms with Gasteiger partial charge in [0.1, 0.15) is 0 Å². The second-order valence-electron chi connectivity index (χ2n) is 12.5. The highest BCUT2D eigenvalue weighted by atomic mass is 16.4. The molecule has 8 rings (SSSR count). The van der Waals surface area contributed by atoms with Crippen LogP contribution in [-0.4, -0.2) is 28.7 Å². The Balaban J connectivity index is 1.11. The molecule has 1 N–H and O–H groups in total. The molecule has 0 spiro atoms. The summed E-state index contributed by atoms with van der Waals surface area (Å²) in [5, 5.41) is 9.35. The number of hydrogen-bond acceptors (Lipinski definition) is 4. The van der Waals surface area contributed by atoms with E-state index < -0.39 is 11.8 Å². The van der Waals surface area contributed by atoms with E-state index in [0.29, 0.717) is 12.0 Å². The number of ketones is 2. The molecule has 0 radical (unpaired) electrons. The Morgan fingerprint density at radius 1 is 0.681 bits per heavy atom. The Morgan fingerprint density at radius 2 is 1.34 bits per heavy atom. The Hall–Kier alpha value is -5.81. The second kappa shape index (κ2) is 11.5. The number of carbonyl (C=O) groups excluding carboxylic acids is 2. The summed E-state index contributed by atoms with van der Waals surface area (Å²) >= 11 is 0. The molecule has 5 heteroatoms. The number of aromatic carboxylic acids is 1. The third-order valence-electron chi connectivity index (χ3n) is 9.73. The molecule has 0 amide bonds. The SMILES string of the molecule is O=C(O)c1ccc2c(c1)C(=O)C(=Cc1ccc3c(c1)C1CCCC1N3c1ccc(C=C(c3ccccc3)c3ccccc3)cc1)C2=O. The Bertz CT molecular complexity index is 2090. The van der Waals surface area contributed by atoms with Crippen molar-refractivity contribution in [2.75, 3.05) is 4.90 Å².